The smallest absolute Gasteiger partial charge is 0.0163 e. The molecule has 0 nitrogen and oxygen atoms in total. The van der Waals surface area contributed by atoms with Crippen molar-refractivity contribution in [2.24, 2.45) is 0 Å². The van der Waals surface area contributed by atoms with E-state index >= 15 is 0 Å². The van der Waals surface area contributed by atoms with Gasteiger partial charge in [0.25, 0.3) is 0 Å². The van der Waals surface area contributed by atoms with Crippen LogP contribution in [0, 0.1) is 0 Å². The molecule has 0 radical (unpaired) electrons. The highest BCUT2D eigenvalue weighted by Crippen LogP contribution is 1.93. The van der Waals surface area contributed by atoms with Gasteiger partial charge in [0, 0.05) is 0 Å². The molecule has 0 saturated heterocycles. The Labute approximate surface area is 62.3 Å². The van der Waals surface area contributed by atoms with Gasteiger partial charge >= 0.3 is 0 Å². The van der Waals surface area contributed by atoms with Crippen molar-refractivity contribution in [2.45, 2.75) is 12.8 Å². The second-order valence-corrected chi connectivity index (χ2v) is 2.18. The third-order valence-corrected chi connectivity index (χ3v) is 1.31. The lowest BCUT2D eigenvalue weighted by Crippen LogP contribution is -1.62. The minimum atomic E-state index is 1.04. The molecule has 0 N–H and O–H groups in total. The maximum atomic E-state index is 2.14. The maximum absolute atomic E-state index is 2.14. The zero-order valence-electron chi connectivity index (χ0n) is 6.03. The molecule has 1 aliphatic carbocycles. The van der Waals surface area contributed by atoms with Gasteiger partial charge in [-0.2, -0.15) is 0 Å². The summed E-state index contributed by atoms with van der Waals surface area (Å²) in [6.07, 6.45) is 19.0. The summed E-state index contributed by atoms with van der Waals surface area (Å²) in [4.78, 5) is 0. The van der Waals surface area contributed by atoms with E-state index in [1.807, 2.05) is 0 Å². The highest BCUT2D eigenvalue weighted by atomic mass is 13.8. The molecule has 0 saturated carbocycles. The van der Waals surface area contributed by atoms with Gasteiger partial charge in [0.2, 0.25) is 0 Å². The Hall–Kier alpha value is -1.04. The molecule has 0 amide bonds. The molecule has 0 unspecified atom stereocenters. The largest absolute Gasteiger partial charge is 0.0808 e. The van der Waals surface area contributed by atoms with E-state index in [0.29, 0.717) is 0 Å². The van der Waals surface area contributed by atoms with Gasteiger partial charge in [-0.05, 0) is 12.8 Å². The van der Waals surface area contributed by atoms with E-state index < -0.39 is 0 Å². The van der Waals surface area contributed by atoms with Crippen molar-refractivity contribution in [1.29, 1.82) is 0 Å². The first-order chi connectivity index (χ1) is 5.00. The summed E-state index contributed by atoms with van der Waals surface area (Å²) in [6.45, 7) is 0. The summed E-state index contributed by atoms with van der Waals surface area (Å²) in [7, 11) is 0. The number of hydrogen-bond acceptors (Lipinski definition) is 0. The molecule has 0 atom stereocenters. The van der Waals surface area contributed by atoms with E-state index in [9.17, 15) is 0 Å². The quantitative estimate of drug-likeness (QED) is 0.475. The molecule has 0 fully saturated rings. The van der Waals surface area contributed by atoms with E-state index in [0.717, 1.165) is 12.8 Å². The Bertz CT molecular complexity index is 138. The first-order valence-electron chi connectivity index (χ1n) is 3.63. The Morgan fingerprint density at radius 3 is 1.10 bits per heavy atom. The molecule has 0 aromatic carbocycles. The fraction of sp³-hybridized carbons (Fsp3) is 0.200. The lowest BCUT2D eigenvalue weighted by Gasteiger charge is -1.83. The fourth-order valence-electron chi connectivity index (χ4n) is 0.786. The van der Waals surface area contributed by atoms with Gasteiger partial charge < -0.3 is 0 Å². The summed E-state index contributed by atoms with van der Waals surface area (Å²) < 4.78 is 0. The molecule has 0 aromatic rings. The molecular formula is C10H12. The van der Waals surface area contributed by atoms with Crippen LogP contribution in [-0.4, -0.2) is 0 Å². The summed E-state index contributed by atoms with van der Waals surface area (Å²) in [6, 6.07) is 0. The van der Waals surface area contributed by atoms with Gasteiger partial charge in [0.05, 0.1) is 0 Å². The van der Waals surface area contributed by atoms with Gasteiger partial charge in [-0.15, -0.1) is 0 Å². The minimum absolute atomic E-state index is 1.04. The lowest BCUT2D eigenvalue weighted by atomic mass is 10.2. The molecule has 52 valence electrons. The third-order valence-electron chi connectivity index (χ3n) is 1.31. The van der Waals surface area contributed by atoms with Crippen LogP contribution in [0.3, 0.4) is 0 Å². The van der Waals surface area contributed by atoms with Crippen LogP contribution < -0.4 is 0 Å². The van der Waals surface area contributed by atoms with Crippen molar-refractivity contribution in [3.05, 3.63) is 48.6 Å². The van der Waals surface area contributed by atoms with Crippen molar-refractivity contribution in [2.75, 3.05) is 0 Å². The van der Waals surface area contributed by atoms with E-state index in [1.165, 1.54) is 0 Å². The molecule has 0 aromatic heterocycles. The lowest BCUT2D eigenvalue weighted by molar-refractivity contribution is 1.35. The third kappa shape index (κ3) is 3.08. The van der Waals surface area contributed by atoms with Crippen LogP contribution in [0.1, 0.15) is 12.8 Å². The first-order valence-corrected chi connectivity index (χ1v) is 3.63. The van der Waals surface area contributed by atoms with Gasteiger partial charge in [-0.3, -0.25) is 0 Å². The zero-order chi connectivity index (χ0) is 7.07. The molecule has 0 aliphatic heterocycles. The zero-order valence-corrected chi connectivity index (χ0v) is 6.03. The summed E-state index contributed by atoms with van der Waals surface area (Å²) in [5, 5.41) is 0. The summed E-state index contributed by atoms with van der Waals surface area (Å²) in [5.41, 5.74) is 0. The fourth-order valence-corrected chi connectivity index (χ4v) is 0.786. The highest BCUT2D eigenvalue weighted by Gasteiger charge is 1.72. The van der Waals surface area contributed by atoms with Gasteiger partial charge in [-0.25, -0.2) is 0 Å². The van der Waals surface area contributed by atoms with E-state index in [2.05, 4.69) is 48.6 Å². The van der Waals surface area contributed by atoms with Crippen LogP contribution >= 0.6 is 0 Å². The Balaban J connectivity index is 2.50. The van der Waals surface area contributed by atoms with Crippen molar-refractivity contribution < 1.29 is 0 Å². The standard InChI is InChI=1S/C10H12/c1-2-4-6-8-10-9-7-5-3-1/h1-4,7-10H,5-6H2/b3-1-,4-2-,9-7?,10-8?. The Morgan fingerprint density at radius 1 is 0.500 bits per heavy atom. The monoisotopic (exact) mass is 132 g/mol. The predicted molar refractivity (Wildman–Crippen MR) is 45.8 cm³/mol. The molecule has 0 bridgehead atoms. The second-order valence-electron chi connectivity index (χ2n) is 2.18. The maximum Gasteiger partial charge on any atom is -0.0163 e. The predicted octanol–water partition coefficient (Wildman–Crippen LogP) is 3.01. The highest BCUT2D eigenvalue weighted by molar-refractivity contribution is 5.12. The van der Waals surface area contributed by atoms with E-state index in [1.54, 1.807) is 0 Å². The molecule has 1 aliphatic rings. The van der Waals surface area contributed by atoms with Crippen LogP contribution in [0.15, 0.2) is 48.6 Å². The minimum Gasteiger partial charge on any atom is -0.0808 e. The van der Waals surface area contributed by atoms with Crippen LogP contribution in [0.25, 0.3) is 0 Å². The topological polar surface area (TPSA) is 0 Å². The van der Waals surface area contributed by atoms with Crippen LogP contribution in [0.4, 0.5) is 0 Å². The van der Waals surface area contributed by atoms with Crippen LogP contribution in [0.5, 0.6) is 0 Å². The van der Waals surface area contributed by atoms with Gasteiger partial charge in [-0.1, -0.05) is 48.6 Å². The van der Waals surface area contributed by atoms with E-state index in [-0.39, 0.29) is 0 Å². The summed E-state index contributed by atoms with van der Waals surface area (Å²) >= 11 is 0. The van der Waals surface area contributed by atoms with Gasteiger partial charge in [0.1, 0.15) is 0 Å². The molecule has 10 heavy (non-hydrogen) atoms. The second kappa shape index (κ2) is 4.80. The Morgan fingerprint density at radius 2 is 0.800 bits per heavy atom. The van der Waals surface area contributed by atoms with Gasteiger partial charge in [0.15, 0.2) is 0 Å². The van der Waals surface area contributed by atoms with Crippen molar-refractivity contribution in [3.8, 4) is 0 Å². The first kappa shape index (κ1) is 7.07. The molecule has 0 heteroatoms. The molecule has 0 heterocycles. The Kier molecular flexibility index (Phi) is 3.40. The summed E-state index contributed by atoms with van der Waals surface area (Å²) in [5.74, 6) is 0. The molecular weight excluding hydrogens is 120 g/mol. The van der Waals surface area contributed by atoms with E-state index in [4.69, 9.17) is 0 Å². The SMILES string of the molecule is C1=CC/C=C\C=C/CC=C1. The van der Waals surface area contributed by atoms with Crippen molar-refractivity contribution >= 4 is 0 Å². The average Bonchev–Trinajstić information content (AvgIpc) is 2.01. The van der Waals surface area contributed by atoms with Crippen LogP contribution in [0.2, 0.25) is 0 Å². The van der Waals surface area contributed by atoms with Crippen LogP contribution in [-0.2, 0) is 0 Å². The number of allylic oxidation sites excluding steroid dienone is 8. The van der Waals surface area contributed by atoms with Crippen molar-refractivity contribution in [3.63, 3.8) is 0 Å². The molecule has 0 spiro atoms. The number of rotatable bonds is 0. The average molecular weight is 132 g/mol. The van der Waals surface area contributed by atoms with Crippen molar-refractivity contribution in [1.82, 2.24) is 0 Å². The normalized spacial score (nSPS) is 24.0. The molecule has 1 rings (SSSR count). The number of hydrogen-bond donors (Lipinski definition) is 0.